The average Bonchev–Trinajstić information content (AvgIpc) is 2.36. The Balaban J connectivity index is 2.05. The summed E-state index contributed by atoms with van der Waals surface area (Å²) in [7, 11) is -6.29. The van der Waals surface area contributed by atoms with Crippen LogP contribution in [-0.2, 0) is 19.7 Å². The molecule has 0 radical (unpaired) electrons. The van der Waals surface area contributed by atoms with E-state index in [0.717, 1.165) is 17.6 Å². The van der Waals surface area contributed by atoms with Gasteiger partial charge in [-0.15, -0.1) is 0 Å². The zero-order valence-corrected chi connectivity index (χ0v) is 13.5. The van der Waals surface area contributed by atoms with Gasteiger partial charge in [-0.1, -0.05) is 24.6 Å². The highest BCUT2D eigenvalue weighted by atomic mass is 32.2. The van der Waals surface area contributed by atoms with Crippen molar-refractivity contribution in [3.63, 3.8) is 0 Å². The van der Waals surface area contributed by atoms with E-state index in [0.29, 0.717) is 19.3 Å². The summed E-state index contributed by atoms with van der Waals surface area (Å²) in [6, 6.07) is 6.79. The smallest absolute Gasteiger partial charge is 0.175 e. The van der Waals surface area contributed by atoms with Crippen LogP contribution < -0.4 is 0 Å². The Morgan fingerprint density at radius 2 is 1.95 bits per heavy atom. The van der Waals surface area contributed by atoms with Crippen molar-refractivity contribution in [3.8, 4) is 0 Å². The summed E-state index contributed by atoms with van der Waals surface area (Å²) in [6.07, 6.45) is 5.83. The number of sulfone groups is 2. The molecular formula is C15H18O4S2. The molecule has 1 fully saturated rings. The standard InChI is InChI=1S/C15H18O4S2/c1-20(16,17)13-5-2-4-11(8-13)12-9-14-6-3-7-15(10-12)21(14,18)19/h2,4-5,8-9,14-15H,3,6-7,10H2,1H3. The van der Waals surface area contributed by atoms with Gasteiger partial charge in [-0.25, -0.2) is 16.8 Å². The van der Waals surface area contributed by atoms with Gasteiger partial charge in [0.2, 0.25) is 0 Å². The van der Waals surface area contributed by atoms with Crippen LogP contribution in [0.5, 0.6) is 0 Å². The van der Waals surface area contributed by atoms with E-state index in [2.05, 4.69) is 0 Å². The number of fused-ring (bicyclic) bond motifs is 2. The lowest BCUT2D eigenvalue weighted by molar-refractivity contribution is 0.518. The maximum Gasteiger partial charge on any atom is 0.175 e. The summed E-state index contributed by atoms with van der Waals surface area (Å²) in [4.78, 5) is 0.277. The second-order valence-corrected chi connectivity index (χ2v) is 10.3. The van der Waals surface area contributed by atoms with E-state index in [1.54, 1.807) is 18.2 Å². The minimum Gasteiger partial charge on any atom is -0.228 e. The van der Waals surface area contributed by atoms with Crippen molar-refractivity contribution in [3.05, 3.63) is 35.9 Å². The lowest BCUT2D eigenvalue weighted by Gasteiger charge is -2.33. The highest BCUT2D eigenvalue weighted by Gasteiger charge is 2.40. The molecule has 0 aliphatic carbocycles. The Bertz CT molecular complexity index is 804. The van der Waals surface area contributed by atoms with E-state index in [-0.39, 0.29) is 10.1 Å². The normalized spacial score (nSPS) is 28.0. The third-order valence-electron chi connectivity index (χ3n) is 4.37. The van der Waals surface area contributed by atoms with Gasteiger partial charge in [0.15, 0.2) is 19.7 Å². The van der Waals surface area contributed by atoms with Gasteiger partial charge < -0.3 is 0 Å². The van der Waals surface area contributed by atoms with E-state index < -0.39 is 24.9 Å². The van der Waals surface area contributed by atoms with Gasteiger partial charge in [0.25, 0.3) is 0 Å². The molecule has 2 atom stereocenters. The predicted molar refractivity (Wildman–Crippen MR) is 82.5 cm³/mol. The number of benzene rings is 1. The van der Waals surface area contributed by atoms with Crippen LogP contribution in [-0.4, -0.2) is 33.6 Å². The molecule has 2 bridgehead atoms. The van der Waals surface area contributed by atoms with E-state index in [1.807, 2.05) is 12.1 Å². The minimum absolute atomic E-state index is 0.277. The van der Waals surface area contributed by atoms with Crippen LogP contribution in [0.1, 0.15) is 31.2 Å². The Hall–Kier alpha value is -1.14. The first-order chi connectivity index (χ1) is 9.78. The maximum absolute atomic E-state index is 12.3. The molecule has 2 aliphatic heterocycles. The lowest BCUT2D eigenvalue weighted by atomic mass is 9.93. The molecule has 2 aliphatic rings. The van der Waals surface area contributed by atoms with Crippen LogP contribution in [0, 0.1) is 0 Å². The molecule has 2 unspecified atom stereocenters. The zero-order chi connectivity index (χ0) is 15.3. The zero-order valence-electron chi connectivity index (χ0n) is 11.8. The number of hydrogen-bond acceptors (Lipinski definition) is 4. The van der Waals surface area contributed by atoms with Crippen LogP contribution in [0.25, 0.3) is 5.57 Å². The van der Waals surface area contributed by atoms with Gasteiger partial charge in [0, 0.05) is 6.26 Å². The van der Waals surface area contributed by atoms with E-state index in [1.165, 1.54) is 6.26 Å². The molecule has 1 saturated heterocycles. The van der Waals surface area contributed by atoms with Gasteiger partial charge in [-0.2, -0.15) is 0 Å². The molecule has 0 amide bonds. The molecule has 0 N–H and O–H groups in total. The topological polar surface area (TPSA) is 68.3 Å². The molecule has 1 aromatic rings. The fraction of sp³-hybridized carbons (Fsp3) is 0.467. The van der Waals surface area contributed by atoms with Crippen molar-refractivity contribution in [2.75, 3.05) is 6.26 Å². The van der Waals surface area contributed by atoms with Gasteiger partial charge in [0.1, 0.15) is 0 Å². The quantitative estimate of drug-likeness (QED) is 0.835. The fourth-order valence-corrected chi connectivity index (χ4v) is 6.11. The highest BCUT2D eigenvalue weighted by Crippen LogP contribution is 2.39. The van der Waals surface area contributed by atoms with E-state index in [4.69, 9.17) is 0 Å². The first kappa shape index (κ1) is 14.8. The van der Waals surface area contributed by atoms with Crippen molar-refractivity contribution in [2.45, 2.75) is 41.1 Å². The second kappa shape index (κ2) is 4.95. The first-order valence-corrected chi connectivity index (χ1v) is 10.5. The molecule has 114 valence electrons. The molecule has 0 aromatic heterocycles. The number of rotatable bonds is 2. The van der Waals surface area contributed by atoms with E-state index in [9.17, 15) is 16.8 Å². The summed E-state index contributed by atoms with van der Waals surface area (Å²) in [6.45, 7) is 0. The molecule has 0 saturated carbocycles. The van der Waals surface area contributed by atoms with Crippen LogP contribution in [0.15, 0.2) is 35.2 Å². The van der Waals surface area contributed by atoms with Crippen molar-refractivity contribution in [1.82, 2.24) is 0 Å². The van der Waals surface area contributed by atoms with Crippen LogP contribution in [0.4, 0.5) is 0 Å². The monoisotopic (exact) mass is 326 g/mol. The molecule has 21 heavy (non-hydrogen) atoms. The molecular weight excluding hydrogens is 308 g/mol. The Labute approximate surface area is 125 Å². The fourth-order valence-electron chi connectivity index (χ4n) is 3.20. The highest BCUT2D eigenvalue weighted by molar-refractivity contribution is 7.93. The minimum atomic E-state index is -3.25. The van der Waals surface area contributed by atoms with Crippen molar-refractivity contribution < 1.29 is 16.8 Å². The third-order valence-corrected chi connectivity index (χ3v) is 8.03. The van der Waals surface area contributed by atoms with Crippen molar-refractivity contribution in [1.29, 1.82) is 0 Å². The summed E-state index contributed by atoms with van der Waals surface area (Å²) in [5.74, 6) is 0. The lowest BCUT2D eigenvalue weighted by Crippen LogP contribution is -2.38. The van der Waals surface area contributed by atoms with Crippen LogP contribution >= 0.6 is 0 Å². The van der Waals surface area contributed by atoms with Crippen molar-refractivity contribution in [2.24, 2.45) is 0 Å². The first-order valence-electron chi connectivity index (χ1n) is 7.02. The van der Waals surface area contributed by atoms with Crippen LogP contribution in [0.2, 0.25) is 0 Å². The summed E-state index contributed by atoms with van der Waals surface area (Å²) >= 11 is 0. The summed E-state index contributed by atoms with van der Waals surface area (Å²) < 4.78 is 47.8. The maximum atomic E-state index is 12.3. The molecule has 1 aromatic carbocycles. The van der Waals surface area contributed by atoms with Gasteiger partial charge >= 0.3 is 0 Å². The molecule has 3 rings (SSSR count). The van der Waals surface area contributed by atoms with Crippen LogP contribution in [0.3, 0.4) is 0 Å². The third kappa shape index (κ3) is 2.66. The summed E-state index contributed by atoms with van der Waals surface area (Å²) in [5, 5.41) is -0.708. The predicted octanol–water partition coefficient (Wildman–Crippen LogP) is 2.21. The molecule has 4 nitrogen and oxygen atoms in total. The molecule has 6 heteroatoms. The largest absolute Gasteiger partial charge is 0.228 e. The molecule has 2 heterocycles. The van der Waals surface area contributed by atoms with Gasteiger partial charge in [-0.05, 0) is 42.5 Å². The van der Waals surface area contributed by atoms with Crippen molar-refractivity contribution >= 4 is 25.2 Å². The van der Waals surface area contributed by atoms with Gasteiger partial charge in [-0.3, -0.25) is 0 Å². The van der Waals surface area contributed by atoms with Gasteiger partial charge in [0.05, 0.1) is 15.4 Å². The average molecular weight is 326 g/mol. The van der Waals surface area contributed by atoms with E-state index >= 15 is 0 Å². The number of hydrogen-bond donors (Lipinski definition) is 0. The summed E-state index contributed by atoms with van der Waals surface area (Å²) in [5.41, 5.74) is 1.79. The molecule has 0 spiro atoms. The second-order valence-electron chi connectivity index (χ2n) is 5.88. The Morgan fingerprint density at radius 1 is 1.19 bits per heavy atom. The SMILES string of the molecule is CS(=O)(=O)c1cccc(C2=CC3CCCC(C2)S3(=O)=O)c1. The number of allylic oxidation sites excluding steroid dienone is 1. The Kier molecular flexibility index (Phi) is 3.48. The Morgan fingerprint density at radius 3 is 2.62 bits per heavy atom.